The monoisotopic (exact) mass is 262 g/mol. The summed E-state index contributed by atoms with van der Waals surface area (Å²) in [4.78, 5) is 4.25. The molecule has 0 N–H and O–H groups in total. The van der Waals surface area contributed by atoms with E-state index in [1.165, 1.54) is 0 Å². The molecule has 0 bridgehead atoms. The summed E-state index contributed by atoms with van der Waals surface area (Å²) in [5.41, 5.74) is 2.54. The maximum Gasteiger partial charge on any atom is 0.216 e. The summed E-state index contributed by atoms with van der Waals surface area (Å²) >= 11 is 17.4. The number of alkyl halides is 3. The summed E-state index contributed by atoms with van der Waals surface area (Å²) in [6, 6.07) is 5.53. The lowest BCUT2D eigenvalue weighted by atomic mass is 10.2. The third kappa shape index (κ3) is 2.07. The third-order valence-electron chi connectivity index (χ3n) is 2.29. The number of halogens is 3. The maximum atomic E-state index is 5.80. The normalized spacial score (nSPS) is 12.3. The van der Waals surface area contributed by atoms with Crippen LogP contribution in [0.3, 0.4) is 0 Å². The summed E-state index contributed by atoms with van der Waals surface area (Å²) < 4.78 is 0.654. The molecule has 0 fully saturated rings. The highest BCUT2D eigenvalue weighted by molar-refractivity contribution is 6.66. The lowest BCUT2D eigenvalue weighted by Gasteiger charge is -2.10. The number of aromatic nitrogens is 2. The van der Waals surface area contributed by atoms with E-state index in [-0.39, 0.29) is 0 Å². The van der Waals surface area contributed by atoms with Gasteiger partial charge in [-0.25, -0.2) is 4.98 Å². The van der Waals surface area contributed by atoms with Gasteiger partial charge in [-0.1, -0.05) is 40.9 Å². The predicted molar refractivity (Wildman–Crippen MR) is 64.6 cm³/mol. The first-order chi connectivity index (χ1) is 7.02. The fourth-order valence-electron chi connectivity index (χ4n) is 1.49. The zero-order chi connectivity index (χ0) is 11.1. The van der Waals surface area contributed by atoms with Crippen molar-refractivity contribution in [3.63, 3.8) is 0 Å². The summed E-state index contributed by atoms with van der Waals surface area (Å²) in [5.74, 6) is 0. The third-order valence-corrected chi connectivity index (χ3v) is 2.94. The molecule has 1 heterocycles. The van der Waals surface area contributed by atoms with Crippen LogP contribution >= 0.6 is 34.8 Å². The predicted octanol–water partition coefficient (Wildman–Crippen LogP) is 3.88. The fraction of sp³-hybridized carbons (Fsp3) is 0.300. The SMILES string of the molecule is CCn1cnc2cc(C(Cl)(Cl)Cl)ccc21. The molecular weight excluding hydrogens is 254 g/mol. The van der Waals surface area contributed by atoms with Crippen LogP contribution in [-0.4, -0.2) is 9.55 Å². The number of benzene rings is 1. The van der Waals surface area contributed by atoms with Crippen molar-refractivity contribution < 1.29 is 0 Å². The topological polar surface area (TPSA) is 17.8 Å². The average Bonchev–Trinajstić information content (AvgIpc) is 2.58. The Labute approximate surface area is 103 Å². The Morgan fingerprint density at radius 2 is 2.07 bits per heavy atom. The molecule has 2 nitrogen and oxygen atoms in total. The Hall–Kier alpha value is -0.440. The van der Waals surface area contributed by atoms with E-state index in [9.17, 15) is 0 Å². The minimum atomic E-state index is -1.38. The molecule has 15 heavy (non-hydrogen) atoms. The molecule has 0 saturated heterocycles. The van der Waals surface area contributed by atoms with Gasteiger partial charge < -0.3 is 4.57 Å². The molecule has 1 aromatic heterocycles. The van der Waals surface area contributed by atoms with Gasteiger partial charge in [-0.05, 0) is 19.1 Å². The number of imidazole rings is 1. The van der Waals surface area contributed by atoms with Crippen LogP contribution in [0, 0.1) is 0 Å². The molecule has 0 aliphatic heterocycles. The molecule has 0 atom stereocenters. The molecule has 1 aromatic carbocycles. The van der Waals surface area contributed by atoms with Crippen molar-refractivity contribution in [3.05, 3.63) is 30.1 Å². The van der Waals surface area contributed by atoms with E-state index >= 15 is 0 Å². The van der Waals surface area contributed by atoms with Crippen molar-refractivity contribution in [2.24, 2.45) is 0 Å². The van der Waals surface area contributed by atoms with Crippen LogP contribution in [0.25, 0.3) is 11.0 Å². The van der Waals surface area contributed by atoms with Crippen molar-refractivity contribution >= 4 is 45.8 Å². The van der Waals surface area contributed by atoms with E-state index in [2.05, 4.69) is 11.9 Å². The van der Waals surface area contributed by atoms with Crippen LogP contribution in [0.5, 0.6) is 0 Å². The van der Waals surface area contributed by atoms with E-state index in [0.717, 1.165) is 17.6 Å². The number of rotatable bonds is 1. The first-order valence-corrected chi connectivity index (χ1v) is 5.68. The molecule has 0 saturated carbocycles. The first-order valence-electron chi connectivity index (χ1n) is 4.54. The maximum absolute atomic E-state index is 5.80. The van der Waals surface area contributed by atoms with E-state index in [4.69, 9.17) is 34.8 Å². The molecule has 0 spiro atoms. The molecule has 0 radical (unpaired) electrons. The Morgan fingerprint density at radius 3 is 2.67 bits per heavy atom. The van der Waals surface area contributed by atoms with Gasteiger partial charge in [-0.15, -0.1) is 0 Å². The van der Waals surface area contributed by atoms with Gasteiger partial charge in [0.1, 0.15) is 0 Å². The van der Waals surface area contributed by atoms with Crippen molar-refractivity contribution in [2.75, 3.05) is 0 Å². The highest BCUT2D eigenvalue weighted by Crippen LogP contribution is 2.38. The molecule has 2 rings (SSSR count). The minimum Gasteiger partial charge on any atom is -0.331 e. The molecule has 0 amide bonds. The number of aryl methyl sites for hydroxylation is 1. The molecule has 0 aliphatic carbocycles. The van der Waals surface area contributed by atoms with Crippen LogP contribution in [0.1, 0.15) is 12.5 Å². The molecule has 0 unspecified atom stereocenters. The lowest BCUT2D eigenvalue weighted by molar-refractivity contribution is 0.787. The van der Waals surface area contributed by atoms with Crippen LogP contribution in [0.15, 0.2) is 24.5 Å². The van der Waals surface area contributed by atoms with Gasteiger partial charge in [0, 0.05) is 12.1 Å². The number of nitrogens with zero attached hydrogens (tertiary/aromatic N) is 2. The molecule has 0 aliphatic rings. The van der Waals surface area contributed by atoms with Gasteiger partial charge in [0.15, 0.2) is 0 Å². The molecule has 5 heteroatoms. The summed E-state index contributed by atoms with van der Waals surface area (Å²) in [6.07, 6.45) is 1.78. The van der Waals surface area contributed by atoms with Crippen molar-refractivity contribution in [2.45, 2.75) is 17.3 Å². The number of hydrogen-bond acceptors (Lipinski definition) is 1. The second-order valence-electron chi connectivity index (χ2n) is 3.23. The Morgan fingerprint density at radius 1 is 1.33 bits per heavy atom. The summed E-state index contributed by atoms with van der Waals surface area (Å²) in [7, 11) is 0. The average molecular weight is 264 g/mol. The van der Waals surface area contributed by atoms with E-state index in [1.54, 1.807) is 12.4 Å². The fourth-order valence-corrected chi connectivity index (χ4v) is 1.84. The number of fused-ring (bicyclic) bond motifs is 1. The second kappa shape index (κ2) is 3.85. The van der Waals surface area contributed by atoms with Crippen molar-refractivity contribution in [1.29, 1.82) is 0 Å². The highest BCUT2D eigenvalue weighted by Gasteiger charge is 2.23. The van der Waals surface area contributed by atoms with Gasteiger partial charge in [-0.2, -0.15) is 0 Å². The van der Waals surface area contributed by atoms with Gasteiger partial charge >= 0.3 is 0 Å². The minimum absolute atomic E-state index is 0.640. The van der Waals surface area contributed by atoms with Crippen molar-refractivity contribution in [1.82, 2.24) is 9.55 Å². The van der Waals surface area contributed by atoms with E-state index in [0.29, 0.717) is 5.56 Å². The Balaban J connectivity index is 2.58. The smallest absolute Gasteiger partial charge is 0.216 e. The Bertz CT molecular complexity index is 485. The van der Waals surface area contributed by atoms with Crippen LogP contribution in [0.4, 0.5) is 0 Å². The van der Waals surface area contributed by atoms with Gasteiger partial charge in [0.2, 0.25) is 3.79 Å². The second-order valence-corrected chi connectivity index (χ2v) is 5.51. The van der Waals surface area contributed by atoms with E-state index in [1.807, 2.05) is 16.7 Å². The van der Waals surface area contributed by atoms with Gasteiger partial charge in [0.05, 0.1) is 17.4 Å². The Kier molecular flexibility index (Phi) is 2.84. The van der Waals surface area contributed by atoms with Gasteiger partial charge in [0.25, 0.3) is 0 Å². The van der Waals surface area contributed by atoms with Crippen LogP contribution in [0.2, 0.25) is 0 Å². The summed E-state index contributed by atoms with van der Waals surface area (Å²) in [5, 5.41) is 0. The standard InChI is InChI=1S/C10H9Cl3N2/c1-2-15-6-14-8-5-7(10(11,12)13)3-4-9(8)15/h3-6H,2H2,1H3. The summed E-state index contributed by atoms with van der Waals surface area (Å²) in [6.45, 7) is 2.94. The van der Waals surface area contributed by atoms with Crippen LogP contribution in [-0.2, 0) is 10.3 Å². The van der Waals surface area contributed by atoms with Crippen molar-refractivity contribution in [3.8, 4) is 0 Å². The lowest BCUT2D eigenvalue weighted by Crippen LogP contribution is -1.99. The zero-order valence-electron chi connectivity index (χ0n) is 8.04. The van der Waals surface area contributed by atoms with Crippen LogP contribution < -0.4 is 0 Å². The highest BCUT2D eigenvalue weighted by atomic mass is 35.6. The largest absolute Gasteiger partial charge is 0.331 e. The number of hydrogen-bond donors (Lipinski definition) is 0. The van der Waals surface area contributed by atoms with E-state index < -0.39 is 3.79 Å². The molecule has 2 aromatic rings. The molecular formula is C10H9Cl3N2. The molecule has 80 valence electrons. The zero-order valence-corrected chi connectivity index (χ0v) is 10.3. The first kappa shape index (κ1) is 11.1. The van der Waals surface area contributed by atoms with Gasteiger partial charge in [-0.3, -0.25) is 0 Å². The quantitative estimate of drug-likeness (QED) is 0.714.